The summed E-state index contributed by atoms with van der Waals surface area (Å²) in [5.41, 5.74) is 2.23. The van der Waals surface area contributed by atoms with Crippen molar-refractivity contribution < 1.29 is 17.9 Å². The zero-order valence-corrected chi connectivity index (χ0v) is 15.1. The molecule has 1 heterocycles. The average Bonchev–Trinajstić information content (AvgIpc) is 3.00. The molecule has 0 unspecified atom stereocenters. The molecule has 0 bridgehead atoms. The smallest absolute Gasteiger partial charge is 0.265 e. The third-order valence-electron chi connectivity index (χ3n) is 4.19. The van der Waals surface area contributed by atoms with Gasteiger partial charge in [0.05, 0.1) is 4.90 Å². The SMILES string of the molecule is Cc1ccc(S(=O)(=O)N(C)C)cc1NC(=O)[C@@H]1Cc2ccccc2O1. The fraction of sp³-hybridized carbons (Fsp3) is 0.278. The average molecular weight is 360 g/mol. The van der Waals surface area contributed by atoms with E-state index in [0.717, 1.165) is 15.4 Å². The maximum absolute atomic E-state index is 12.5. The highest BCUT2D eigenvalue weighted by Crippen LogP contribution is 2.29. The molecule has 0 saturated carbocycles. The van der Waals surface area contributed by atoms with Crippen molar-refractivity contribution in [1.29, 1.82) is 0 Å². The number of carbonyl (C=O) groups is 1. The third kappa shape index (κ3) is 3.38. The van der Waals surface area contributed by atoms with Gasteiger partial charge < -0.3 is 10.1 Å². The summed E-state index contributed by atoms with van der Waals surface area (Å²) in [5, 5.41) is 2.79. The molecule has 0 saturated heterocycles. The number of para-hydroxylation sites is 1. The number of aryl methyl sites for hydroxylation is 1. The van der Waals surface area contributed by atoms with E-state index in [9.17, 15) is 13.2 Å². The summed E-state index contributed by atoms with van der Waals surface area (Å²) in [6, 6.07) is 12.2. The molecule has 3 rings (SSSR count). The zero-order chi connectivity index (χ0) is 18.2. The Bertz CT molecular complexity index is 897. The van der Waals surface area contributed by atoms with E-state index < -0.39 is 16.1 Å². The number of carbonyl (C=O) groups excluding carboxylic acids is 1. The van der Waals surface area contributed by atoms with E-state index in [2.05, 4.69) is 5.32 Å². The van der Waals surface area contributed by atoms with Crippen LogP contribution in [0.25, 0.3) is 0 Å². The molecule has 1 aliphatic rings. The molecule has 132 valence electrons. The summed E-state index contributed by atoms with van der Waals surface area (Å²) < 4.78 is 31.4. The molecular formula is C18H20N2O4S. The first-order valence-corrected chi connectivity index (χ1v) is 9.31. The minimum Gasteiger partial charge on any atom is -0.480 e. The molecular weight excluding hydrogens is 340 g/mol. The van der Waals surface area contributed by atoms with Crippen molar-refractivity contribution in [2.75, 3.05) is 19.4 Å². The van der Waals surface area contributed by atoms with Gasteiger partial charge in [-0.3, -0.25) is 4.79 Å². The van der Waals surface area contributed by atoms with E-state index >= 15 is 0 Å². The van der Waals surface area contributed by atoms with Gasteiger partial charge in [-0.2, -0.15) is 0 Å². The lowest BCUT2D eigenvalue weighted by Crippen LogP contribution is -2.31. The highest BCUT2D eigenvalue weighted by molar-refractivity contribution is 7.89. The lowest BCUT2D eigenvalue weighted by Gasteiger charge is -2.16. The molecule has 7 heteroatoms. The number of ether oxygens (including phenoxy) is 1. The second kappa shape index (κ2) is 6.50. The number of hydrogen-bond acceptors (Lipinski definition) is 4. The number of amides is 1. The van der Waals surface area contributed by atoms with Crippen molar-refractivity contribution in [1.82, 2.24) is 4.31 Å². The first-order valence-electron chi connectivity index (χ1n) is 7.87. The van der Waals surface area contributed by atoms with Crippen LogP contribution in [0.1, 0.15) is 11.1 Å². The summed E-state index contributed by atoms with van der Waals surface area (Å²) >= 11 is 0. The molecule has 1 aliphatic heterocycles. The van der Waals surface area contributed by atoms with Crippen molar-refractivity contribution in [3.05, 3.63) is 53.6 Å². The molecule has 1 amide bonds. The number of hydrogen-bond donors (Lipinski definition) is 1. The summed E-state index contributed by atoms with van der Waals surface area (Å²) in [7, 11) is -0.625. The molecule has 0 aromatic heterocycles. The van der Waals surface area contributed by atoms with Crippen LogP contribution in [-0.4, -0.2) is 38.8 Å². The molecule has 0 fully saturated rings. The maximum Gasteiger partial charge on any atom is 0.265 e. The lowest BCUT2D eigenvalue weighted by atomic mass is 10.1. The minimum absolute atomic E-state index is 0.133. The quantitative estimate of drug-likeness (QED) is 0.907. The first-order chi connectivity index (χ1) is 11.8. The Balaban J connectivity index is 1.81. The number of nitrogens with zero attached hydrogens (tertiary/aromatic N) is 1. The zero-order valence-electron chi connectivity index (χ0n) is 14.3. The van der Waals surface area contributed by atoms with Crippen LogP contribution in [-0.2, 0) is 21.2 Å². The predicted molar refractivity (Wildman–Crippen MR) is 95.2 cm³/mol. The number of rotatable bonds is 4. The van der Waals surface area contributed by atoms with Gasteiger partial charge in [-0.1, -0.05) is 24.3 Å². The van der Waals surface area contributed by atoms with Crippen LogP contribution in [0.4, 0.5) is 5.69 Å². The second-order valence-electron chi connectivity index (χ2n) is 6.17. The highest BCUT2D eigenvalue weighted by Gasteiger charge is 2.29. The van der Waals surface area contributed by atoms with Crippen molar-refractivity contribution >= 4 is 21.6 Å². The Morgan fingerprint density at radius 3 is 2.60 bits per heavy atom. The normalized spacial score (nSPS) is 16.4. The van der Waals surface area contributed by atoms with Gasteiger partial charge in [0, 0.05) is 26.2 Å². The van der Waals surface area contributed by atoms with Crippen LogP contribution in [0.3, 0.4) is 0 Å². The molecule has 0 spiro atoms. The van der Waals surface area contributed by atoms with Crippen LogP contribution in [0.2, 0.25) is 0 Å². The predicted octanol–water partition coefficient (Wildman–Crippen LogP) is 2.19. The van der Waals surface area contributed by atoms with Crippen LogP contribution in [0.15, 0.2) is 47.4 Å². The van der Waals surface area contributed by atoms with Gasteiger partial charge in [-0.15, -0.1) is 0 Å². The van der Waals surface area contributed by atoms with Gasteiger partial charge in [-0.25, -0.2) is 12.7 Å². The molecule has 2 aromatic rings. The third-order valence-corrected chi connectivity index (χ3v) is 6.00. The van der Waals surface area contributed by atoms with E-state index in [1.54, 1.807) is 6.07 Å². The van der Waals surface area contributed by atoms with Gasteiger partial charge in [-0.05, 0) is 36.2 Å². The number of sulfonamides is 1. The van der Waals surface area contributed by atoms with Crippen molar-refractivity contribution in [3.8, 4) is 5.75 Å². The van der Waals surface area contributed by atoms with E-state index in [0.29, 0.717) is 17.9 Å². The first kappa shape index (κ1) is 17.4. The molecule has 25 heavy (non-hydrogen) atoms. The van der Waals surface area contributed by atoms with E-state index in [-0.39, 0.29) is 10.8 Å². The van der Waals surface area contributed by atoms with Crippen molar-refractivity contribution in [2.45, 2.75) is 24.3 Å². The monoisotopic (exact) mass is 360 g/mol. The minimum atomic E-state index is -3.56. The molecule has 1 atom stereocenters. The Labute approximate surface area is 147 Å². The molecule has 6 nitrogen and oxygen atoms in total. The van der Waals surface area contributed by atoms with Gasteiger partial charge in [0.1, 0.15) is 5.75 Å². The highest BCUT2D eigenvalue weighted by atomic mass is 32.2. The number of nitrogens with one attached hydrogen (secondary N) is 1. The topological polar surface area (TPSA) is 75.7 Å². The van der Waals surface area contributed by atoms with E-state index in [1.807, 2.05) is 31.2 Å². The Kier molecular flexibility index (Phi) is 4.53. The van der Waals surface area contributed by atoms with Crippen LogP contribution in [0, 0.1) is 6.92 Å². The number of fused-ring (bicyclic) bond motifs is 1. The summed E-state index contributed by atoms with van der Waals surface area (Å²) in [4.78, 5) is 12.7. The van der Waals surface area contributed by atoms with Gasteiger partial charge in [0.15, 0.2) is 6.10 Å². The Morgan fingerprint density at radius 2 is 1.92 bits per heavy atom. The van der Waals surface area contributed by atoms with Crippen LogP contribution in [0.5, 0.6) is 5.75 Å². The van der Waals surface area contributed by atoms with Gasteiger partial charge >= 0.3 is 0 Å². The van der Waals surface area contributed by atoms with Crippen LogP contribution < -0.4 is 10.1 Å². The second-order valence-corrected chi connectivity index (χ2v) is 8.32. The number of benzene rings is 2. The summed E-state index contributed by atoms with van der Waals surface area (Å²) in [6.45, 7) is 1.81. The van der Waals surface area contributed by atoms with Gasteiger partial charge in [0.25, 0.3) is 5.91 Å². The Morgan fingerprint density at radius 1 is 1.20 bits per heavy atom. The standard InChI is InChI=1S/C18H20N2O4S/c1-12-8-9-14(25(22,23)20(2)3)11-15(12)19-18(21)17-10-13-6-4-5-7-16(13)24-17/h4-9,11,17H,10H2,1-3H3,(H,19,21)/t17-/m0/s1. The number of anilines is 1. The molecule has 2 aromatic carbocycles. The van der Waals surface area contributed by atoms with E-state index in [1.165, 1.54) is 26.2 Å². The maximum atomic E-state index is 12.5. The fourth-order valence-corrected chi connectivity index (χ4v) is 3.58. The van der Waals surface area contributed by atoms with Crippen molar-refractivity contribution in [2.24, 2.45) is 0 Å². The van der Waals surface area contributed by atoms with Crippen LogP contribution >= 0.6 is 0 Å². The molecule has 0 radical (unpaired) electrons. The van der Waals surface area contributed by atoms with Crippen molar-refractivity contribution in [3.63, 3.8) is 0 Å². The molecule has 0 aliphatic carbocycles. The van der Waals surface area contributed by atoms with E-state index in [4.69, 9.17) is 4.74 Å². The molecule has 1 N–H and O–H groups in total. The summed E-state index contributed by atoms with van der Waals surface area (Å²) in [5.74, 6) is 0.419. The fourth-order valence-electron chi connectivity index (χ4n) is 2.65. The lowest BCUT2D eigenvalue weighted by molar-refractivity contribution is -0.122. The van der Waals surface area contributed by atoms with Gasteiger partial charge in [0.2, 0.25) is 10.0 Å². The summed E-state index contributed by atoms with van der Waals surface area (Å²) in [6.07, 6.45) is -0.123. The largest absolute Gasteiger partial charge is 0.480 e. The Hall–Kier alpha value is -2.38.